The van der Waals surface area contributed by atoms with Crippen LogP contribution in [0.25, 0.3) is 0 Å². The van der Waals surface area contributed by atoms with Gasteiger partial charge in [0, 0.05) is 6.54 Å². The predicted octanol–water partition coefficient (Wildman–Crippen LogP) is 1.67. The fraction of sp³-hybridized carbons (Fsp3) is 1.00. The lowest BCUT2D eigenvalue weighted by molar-refractivity contribution is -0.281. The predicted molar refractivity (Wildman–Crippen MR) is 42.1 cm³/mol. The molecule has 0 unspecified atom stereocenters. The summed E-state index contributed by atoms with van der Waals surface area (Å²) in [6, 6.07) is 0. The van der Waals surface area contributed by atoms with Crippen molar-refractivity contribution in [3.63, 3.8) is 0 Å². The fourth-order valence-electron chi connectivity index (χ4n) is 0.890. The van der Waals surface area contributed by atoms with Gasteiger partial charge in [0.05, 0.1) is 0 Å². The molecule has 92 valence electrons. The molecule has 0 radical (unpaired) electrons. The van der Waals surface area contributed by atoms with Crippen LogP contribution in [-0.4, -0.2) is 32.0 Å². The number of nitrogens with one attached hydrogen (secondary N) is 1. The first-order chi connectivity index (χ1) is 6.69. The molecule has 0 aromatic rings. The number of halogens is 6. The number of rotatable bonds is 5. The Labute approximate surface area is 82.8 Å². The highest BCUT2D eigenvalue weighted by atomic mass is 19.4. The van der Waals surface area contributed by atoms with Gasteiger partial charge in [-0.05, 0) is 19.5 Å². The van der Waals surface area contributed by atoms with Crippen LogP contribution in [-0.2, 0) is 0 Å². The average Bonchev–Trinajstić information content (AvgIpc) is 1.99. The number of alkyl halides is 6. The lowest BCUT2D eigenvalue weighted by Crippen LogP contribution is -2.43. The second-order valence-corrected chi connectivity index (χ2v) is 2.98. The minimum Gasteiger partial charge on any atom is -0.330 e. The zero-order valence-corrected chi connectivity index (χ0v) is 7.75. The summed E-state index contributed by atoms with van der Waals surface area (Å²) in [5.41, 5.74) is 5.03. The van der Waals surface area contributed by atoms with Gasteiger partial charge in [-0.1, -0.05) is 0 Å². The highest BCUT2D eigenvalue weighted by Crippen LogP contribution is 2.38. The third kappa shape index (κ3) is 5.83. The average molecular weight is 238 g/mol. The van der Waals surface area contributed by atoms with Gasteiger partial charge in [0.2, 0.25) is 0 Å². The topological polar surface area (TPSA) is 38.0 Å². The minimum atomic E-state index is -5.27. The summed E-state index contributed by atoms with van der Waals surface area (Å²) in [7, 11) is 0. The number of hydrogen-bond acceptors (Lipinski definition) is 2. The first-order valence-corrected chi connectivity index (χ1v) is 4.23. The van der Waals surface area contributed by atoms with E-state index >= 15 is 0 Å². The fourth-order valence-corrected chi connectivity index (χ4v) is 0.890. The Morgan fingerprint density at radius 1 is 1.00 bits per heavy atom. The van der Waals surface area contributed by atoms with Gasteiger partial charge >= 0.3 is 12.4 Å². The summed E-state index contributed by atoms with van der Waals surface area (Å²) in [4.78, 5) is 0. The molecule has 0 rings (SSSR count). The van der Waals surface area contributed by atoms with Crippen molar-refractivity contribution in [2.24, 2.45) is 11.7 Å². The highest BCUT2D eigenvalue weighted by molar-refractivity contribution is 4.77. The largest absolute Gasteiger partial charge is 0.401 e. The zero-order valence-electron chi connectivity index (χ0n) is 7.75. The van der Waals surface area contributed by atoms with Crippen LogP contribution in [0.4, 0.5) is 26.3 Å². The summed E-state index contributed by atoms with van der Waals surface area (Å²) in [5, 5.41) is 2.08. The molecule has 0 fully saturated rings. The number of hydrogen-bond donors (Lipinski definition) is 2. The standard InChI is InChI=1S/C7H12F6N2/c8-6(9,10)5(7(11,12)13)4-15-3-1-2-14/h5,15H,1-4,14H2. The molecule has 0 aromatic heterocycles. The first-order valence-electron chi connectivity index (χ1n) is 4.23. The molecule has 0 atom stereocenters. The Kier molecular flexibility index (Phi) is 5.36. The van der Waals surface area contributed by atoms with Crippen LogP contribution in [0.5, 0.6) is 0 Å². The van der Waals surface area contributed by atoms with Crippen LogP contribution in [0.2, 0.25) is 0 Å². The second kappa shape index (κ2) is 5.55. The molecule has 3 N–H and O–H groups in total. The molecule has 0 aliphatic carbocycles. The van der Waals surface area contributed by atoms with Crippen LogP contribution in [0.3, 0.4) is 0 Å². The Hall–Kier alpha value is -0.500. The Bertz CT molecular complexity index is 161. The van der Waals surface area contributed by atoms with E-state index in [4.69, 9.17) is 5.73 Å². The smallest absolute Gasteiger partial charge is 0.330 e. The van der Waals surface area contributed by atoms with E-state index < -0.39 is 24.8 Å². The van der Waals surface area contributed by atoms with Crippen molar-refractivity contribution in [3.05, 3.63) is 0 Å². The van der Waals surface area contributed by atoms with E-state index in [2.05, 4.69) is 5.32 Å². The number of nitrogens with two attached hydrogens (primary N) is 1. The summed E-state index contributed by atoms with van der Waals surface area (Å²) in [5.74, 6) is -3.32. The van der Waals surface area contributed by atoms with Crippen LogP contribution >= 0.6 is 0 Å². The summed E-state index contributed by atoms with van der Waals surface area (Å²) in [6.45, 7) is -0.901. The molecule has 15 heavy (non-hydrogen) atoms. The van der Waals surface area contributed by atoms with E-state index in [-0.39, 0.29) is 13.1 Å². The van der Waals surface area contributed by atoms with Crippen molar-refractivity contribution < 1.29 is 26.3 Å². The molecule has 0 saturated heterocycles. The lowest BCUT2D eigenvalue weighted by Gasteiger charge is -2.23. The van der Waals surface area contributed by atoms with Crippen LogP contribution in [0, 0.1) is 5.92 Å². The van der Waals surface area contributed by atoms with Crippen molar-refractivity contribution >= 4 is 0 Å². The third-order valence-corrected chi connectivity index (χ3v) is 1.70. The normalized spacial score (nSPS) is 13.6. The maximum absolute atomic E-state index is 11.9. The van der Waals surface area contributed by atoms with Gasteiger partial charge in [-0.2, -0.15) is 26.3 Å². The maximum atomic E-state index is 11.9. The molecule has 0 aliphatic rings. The molecule has 0 aromatic carbocycles. The first kappa shape index (κ1) is 14.5. The molecule has 0 heterocycles. The lowest BCUT2D eigenvalue weighted by atomic mass is 10.1. The molecule has 0 amide bonds. The van der Waals surface area contributed by atoms with Crippen molar-refractivity contribution in [1.82, 2.24) is 5.32 Å². The second-order valence-electron chi connectivity index (χ2n) is 2.98. The van der Waals surface area contributed by atoms with Crippen molar-refractivity contribution in [2.75, 3.05) is 19.6 Å². The highest BCUT2D eigenvalue weighted by Gasteiger charge is 2.55. The van der Waals surface area contributed by atoms with E-state index in [1.54, 1.807) is 0 Å². The molecular formula is C7H12F6N2. The summed E-state index contributed by atoms with van der Waals surface area (Å²) < 4.78 is 71.6. The van der Waals surface area contributed by atoms with Gasteiger partial charge in [0.1, 0.15) is 0 Å². The molecular weight excluding hydrogens is 226 g/mol. The summed E-state index contributed by atoms with van der Waals surface area (Å²) >= 11 is 0. The quantitative estimate of drug-likeness (QED) is 0.564. The van der Waals surface area contributed by atoms with Crippen molar-refractivity contribution in [3.8, 4) is 0 Å². The molecule has 2 nitrogen and oxygen atoms in total. The van der Waals surface area contributed by atoms with E-state index in [1.165, 1.54) is 0 Å². The summed E-state index contributed by atoms with van der Waals surface area (Å²) in [6.07, 6.45) is -10.2. The van der Waals surface area contributed by atoms with Gasteiger partial charge in [-0.25, -0.2) is 0 Å². The van der Waals surface area contributed by atoms with E-state index in [0.717, 1.165) is 0 Å². The molecule has 0 spiro atoms. The van der Waals surface area contributed by atoms with Gasteiger partial charge in [-0.3, -0.25) is 0 Å². The monoisotopic (exact) mass is 238 g/mol. The van der Waals surface area contributed by atoms with Crippen molar-refractivity contribution in [1.29, 1.82) is 0 Å². The third-order valence-electron chi connectivity index (χ3n) is 1.70. The van der Waals surface area contributed by atoms with Crippen LogP contribution in [0.15, 0.2) is 0 Å². The van der Waals surface area contributed by atoms with E-state index in [9.17, 15) is 26.3 Å². The van der Waals surface area contributed by atoms with Crippen LogP contribution in [0.1, 0.15) is 6.42 Å². The van der Waals surface area contributed by atoms with E-state index in [0.29, 0.717) is 6.42 Å². The minimum absolute atomic E-state index is 0.0408. The van der Waals surface area contributed by atoms with Gasteiger partial charge in [0.25, 0.3) is 0 Å². The Balaban J connectivity index is 4.17. The van der Waals surface area contributed by atoms with Crippen molar-refractivity contribution in [2.45, 2.75) is 18.8 Å². The Morgan fingerprint density at radius 3 is 1.80 bits per heavy atom. The van der Waals surface area contributed by atoms with Gasteiger partial charge in [-0.15, -0.1) is 0 Å². The molecule has 0 saturated carbocycles. The molecule has 0 aliphatic heterocycles. The zero-order chi connectivity index (χ0) is 12.1. The van der Waals surface area contributed by atoms with Gasteiger partial charge in [0.15, 0.2) is 5.92 Å². The SMILES string of the molecule is NCCCNCC(C(F)(F)F)C(F)(F)F. The van der Waals surface area contributed by atoms with E-state index in [1.807, 2.05) is 0 Å². The maximum Gasteiger partial charge on any atom is 0.401 e. The van der Waals surface area contributed by atoms with Gasteiger partial charge < -0.3 is 11.1 Å². The Morgan fingerprint density at radius 2 is 1.47 bits per heavy atom. The molecule has 8 heteroatoms. The van der Waals surface area contributed by atoms with Crippen LogP contribution < -0.4 is 11.1 Å². The molecule has 0 bridgehead atoms.